The summed E-state index contributed by atoms with van der Waals surface area (Å²) in [6.45, 7) is 4.94. The molecule has 0 bridgehead atoms. The van der Waals surface area contributed by atoms with Gasteiger partial charge in [0.25, 0.3) is 10.1 Å². The van der Waals surface area contributed by atoms with Gasteiger partial charge in [0.05, 0.1) is 29.5 Å². The Kier molecular flexibility index (Phi) is 7.98. The van der Waals surface area contributed by atoms with Crippen molar-refractivity contribution in [2.24, 2.45) is 0 Å². The fourth-order valence-corrected chi connectivity index (χ4v) is 3.16. The lowest BCUT2D eigenvalue weighted by Gasteiger charge is -2.34. The molecule has 0 unspecified atom stereocenters. The van der Waals surface area contributed by atoms with Gasteiger partial charge in [-0.1, -0.05) is 0 Å². The highest BCUT2D eigenvalue weighted by Crippen LogP contribution is 2.26. The van der Waals surface area contributed by atoms with E-state index in [9.17, 15) is 22.4 Å². The molecule has 3 rings (SSSR count). The first kappa shape index (κ1) is 24.6. The molecule has 1 saturated heterocycles. The minimum Gasteiger partial charge on any atom is -0.462 e. The number of anilines is 1. The fraction of sp³-hybridized carbons (Fsp3) is 0.474. The smallest absolute Gasteiger partial charge is 0.343 e. The molecule has 2 heterocycles. The Balaban J connectivity index is 0.000000614. The van der Waals surface area contributed by atoms with Gasteiger partial charge >= 0.3 is 5.97 Å². The molecule has 1 fully saturated rings. The molecule has 0 saturated carbocycles. The van der Waals surface area contributed by atoms with Crippen molar-refractivity contribution in [3.05, 3.63) is 39.9 Å². The van der Waals surface area contributed by atoms with E-state index in [0.717, 1.165) is 13.1 Å². The number of hydrogen-bond donors (Lipinski definition) is 2. The van der Waals surface area contributed by atoms with Crippen LogP contribution in [0.5, 0.6) is 0 Å². The van der Waals surface area contributed by atoms with Crippen LogP contribution in [0.15, 0.2) is 23.1 Å². The van der Waals surface area contributed by atoms with E-state index in [1.807, 2.05) is 11.9 Å². The third kappa shape index (κ3) is 6.39. The summed E-state index contributed by atoms with van der Waals surface area (Å²) in [5, 5.41) is 0.139. The zero-order valence-electron chi connectivity index (χ0n) is 17.9. The first-order chi connectivity index (χ1) is 14.5. The lowest BCUT2D eigenvalue weighted by Crippen LogP contribution is -2.44. The quantitative estimate of drug-likeness (QED) is 0.505. The van der Waals surface area contributed by atoms with E-state index in [4.69, 9.17) is 9.29 Å². The van der Waals surface area contributed by atoms with Crippen LogP contribution in [0, 0.1) is 5.82 Å². The van der Waals surface area contributed by atoms with Crippen molar-refractivity contribution < 1.29 is 26.9 Å². The Morgan fingerprint density at radius 2 is 1.84 bits per heavy atom. The van der Waals surface area contributed by atoms with Crippen molar-refractivity contribution in [2.75, 3.05) is 63.5 Å². The van der Waals surface area contributed by atoms with E-state index in [1.54, 1.807) is 24.7 Å². The molecule has 1 aliphatic heterocycles. The van der Waals surface area contributed by atoms with Crippen LogP contribution in [-0.4, -0.2) is 81.7 Å². The molecule has 0 radical (unpaired) electrons. The topological polar surface area (TPSA) is 121 Å². The monoisotopic (exact) mass is 458 g/mol. The van der Waals surface area contributed by atoms with Crippen LogP contribution in [0.25, 0.3) is 10.9 Å². The molecule has 0 amide bonds. The van der Waals surface area contributed by atoms with Crippen molar-refractivity contribution in [1.29, 1.82) is 0 Å². The Hall–Kier alpha value is -2.70. The maximum absolute atomic E-state index is 14.8. The van der Waals surface area contributed by atoms with Crippen molar-refractivity contribution in [3.8, 4) is 0 Å². The van der Waals surface area contributed by atoms with Gasteiger partial charge in [-0.3, -0.25) is 14.0 Å². The molecule has 12 heteroatoms. The number of benzene rings is 1. The number of rotatable bonds is 4. The molecule has 1 aliphatic rings. The van der Waals surface area contributed by atoms with Crippen LogP contribution in [0.2, 0.25) is 0 Å². The van der Waals surface area contributed by atoms with Crippen molar-refractivity contribution in [3.63, 3.8) is 0 Å². The van der Waals surface area contributed by atoms with E-state index in [2.05, 4.69) is 10.3 Å². The third-order valence-corrected chi connectivity index (χ3v) is 4.65. The summed E-state index contributed by atoms with van der Waals surface area (Å²) in [4.78, 5) is 28.9. The van der Waals surface area contributed by atoms with Gasteiger partial charge in [-0.15, -0.1) is 0 Å². The highest BCUT2D eigenvalue weighted by Gasteiger charge is 2.22. The lowest BCUT2D eigenvalue weighted by atomic mass is 10.1. The molecule has 10 nitrogen and oxygen atoms in total. The number of ether oxygens (including phenoxy) is 1. The van der Waals surface area contributed by atoms with Crippen LogP contribution in [0.1, 0.15) is 17.3 Å². The van der Waals surface area contributed by atoms with Gasteiger partial charge in [-0.25, -0.2) is 9.18 Å². The zero-order valence-corrected chi connectivity index (χ0v) is 18.7. The summed E-state index contributed by atoms with van der Waals surface area (Å²) < 4.78 is 47.1. The van der Waals surface area contributed by atoms with E-state index in [-0.39, 0.29) is 17.6 Å². The molecule has 0 aliphatic carbocycles. The third-order valence-electron chi connectivity index (χ3n) is 4.65. The lowest BCUT2D eigenvalue weighted by molar-refractivity contribution is 0.0524. The second kappa shape index (κ2) is 10.1. The predicted octanol–water partition coefficient (Wildman–Crippen LogP) is 0.746. The Bertz CT molecular complexity index is 1100. The van der Waals surface area contributed by atoms with Gasteiger partial charge in [-0.2, -0.15) is 8.42 Å². The molecule has 0 spiro atoms. The highest BCUT2D eigenvalue weighted by atomic mass is 32.2. The molecule has 172 valence electrons. The number of halogens is 1. The summed E-state index contributed by atoms with van der Waals surface area (Å²) in [7, 11) is 0.0292. The van der Waals surface area contributed by atoms with E-state index < -0.39 is 27.3 Å². The molecular formula is C19H27FN4O6S. The standard InChI is InChI=1S/C18H23FN4O3.CH4O3S/c1-4-26-18(25)13-11-23(20-2)15-10-16(14(19)9-12(15)17(13)24)22-7-5-21(3)6-8-22;1-5(2,3)4/h9-11,20H,4-8H2,1-3H3;1H3,(H,2,3,4). The van der Waals surface area contributed by atoms with Gasteiger partial charge in [0, 0.05) is 39.4 Å². The van der Waals surface area contributed by atoms with Crippen LogP contribution >= 0.6 is 0 Å². The molecule has 2 aromatic rings. The van der Waals surface area contributed by atoms with Crippen LogP contribution in [0.4, 0.5) is 10.1 Å². The predicted molar refractivity (Wildman–Crippen MR) is 117 cm³/mol. The van der Waals surface area contributed by atoms with Crippen LogP contribution in [-0.2, 0) is 14.9 Å². The molecule has 1 aromatic carbocycles. The number of nitrogens with one attached hydrogen (secondary N) is 1. The van der Waals surface area contributed by atoms with E-state index in [1.165, 1.54) is 12.3 Å². The maximum Gasteiger partial charge on any atom is 0.343 e. The van der Waals surface area contributed by atoms with Crippen molar-refractivity contribution in [1.82, 2.24) is 9.58 Å². The minimum atomic E-state index is -3.67. The number of hydrogen-bond acceptors (Lipinski definition) is 8. The average Bonchev–Trinajstić information content (AvgIpc) is 2.68. The van der Waals surface area contributed by atoms with E-state index >= 15 is 0 Å². The average molecular weight is 459 g/mol. The molecule has 1 aromatic heterocycles. The van der Waals surface area contributed by atoms with Crippen molar-refractivity contribution in [2.45, 2.75) is 6.92 Å². The Morgan fingerprint density at radius 3 is 2.35 bits per heavy atom. The number of fused-ring (bicyclic) bond motifs is 1. The molecule has 31 heavy (non-hydrogen) atoms. The molecular weight excluding hydrogens is 431 g/mol. The SMILES string of the molecule is CCOC(=O)c1cn(NC)c2cc(N3CCN(C)CC3)c(F)cc2c1=O.CS(=O)(=O)O. The van der Waals surface area contributed by atoms with Gasteiger partial charge in [0.15, 0.2) is 0 Å². The van der Waals surface area contributed by atoms with Crippen LogP contribution < -0.4 is 15.8 Å². The van der Waals surface area contributed by atoms with Gasteiger partial charge in [0.1, 0.15) is 11.4 Å². The fourth-order valence-electron chi connectivity index (χ4n) is 3.16. The second-order valence-electron chi connectivity index (χ2n) is 7.03. The number of esters is 1. The number of nitrogens with zero attached hydrogens (tertiary/aromatic N) is 3. The number of likely N-dealkylation sites (N-methyl/N-ethyl adjacent to an activating group) is 1. The number of aromatic nitrogens is 1. The normalized spacial score (nSPS) is 14.7. The minimum absolute atomic E-state index is 0.125. The summed E-state index contributed by atoms with van der Waals surface area (Å²) in [5.74, 6) is -1.19. The first-order valence-electron chi connectivity index (χ1n) is 9.56. The maximum atomic E-state index is 14.8. The second-order valence-corrected chi connectivity index (χ2v) is 8.50. The number of carbonyl (C=O) groups excluding carboxylic acids is 1. The van der Waals surface area contributed by atoms with Crippen molar-refractivity contribution >= 4 is 32.7 Å². The molecule has 2 N–H and O–H groups in total. The van der Waals surface area contributed by atoms with Gasteiger partial charge in [-0.05, 0) is 26.1 Å². The number of piperazine rings is 1. The highest BCUT2D eigenvalue weighted by molar-refractivity contribution is 7.85. The zero-order chi connectivity index (χ0) is 23.3. The summed E-state index contributed by atoms with van der Waals surface area (Å²) in [6.07, 6.45) is 2.11. The van der Waals surface area contributed by atoms with E-state index in [0.29, 0.717) is 30.5 Å². The summed E-state index contributed by atoms with van der Waals surface area (Å²) in [5.41, 5.74) is 3.22. The van der Waals surface area contributed by atoms with Gasteiger partial charge in [0.2, 0.25) is 5.43 Å². The largest absolute Gasteiger partial charge is 0.462 e. The summed E-state index contributed by atoms with van der Waals surface area (Å²) >= 11 is 0. The number of carbonyl (C=O) groups is 1. The van der Waals surface area contributed by atoms with Crippen LogP contribution in [0.3, 0.4) is 0 Å². The van der Waals surface area contributed by atoms with Gasteiger partial charge < -0.3 is 20.0 Å². The summed E-state index contributed by atoms with van der Waals surface area (Å²) in [6, 6.07) is 2.87. The first-order valence-corrected chi connectivity index (χ1v) is 11.4. The Labute approximate surface area is 179 Å². The molecule has 0 atom stereocenters. The number of pyridine rings is 1. The Morgan fingerprint density at radius 1 is 1.26 bits per heavy atom.